The molecule has 1 aromatic carbocycles. The zero-order chi connectivity index (χ0) is 12.0. The van der Waals surface area contributed by atoms with Crippen molar-refractivity contribution in [2.45, 2.75) is 25.7 Å². The Morgan fingerprint density at radius 3 is 2.38 bits per heavy atom. The minimum atomic E-state index is -3.36. The van der Waals surface area contributed by atoms with Gasteiger partial charge in [0.15, 0.2) is 0 Å². The summed E-state index contributed by atoms with van der Waals surface area (Å²) in [6, 6.07) is 6.68. The van der Waals surface area contributed by atoms with E-state index in [9.17, 15) is 8.42 Å². The highest BCUT2D eigenvalue weighted by Crippen LogP contribution is 2.37. The second kappa shape index (κ2) is 3.35. The van der Waals surface area contributed by atoms with E-state index in [2.05, 4.69) is 0 Å². The van der Waals surface area contributed by atoms with Gasteiger partial charge in [-0.1, -0.05) is 32.9 Å². The van der Waals surface area contributed by atoms with Gasteiger partial charge in [-0.25, -0.2) is 8.42 Å². The van der Waals surface area contributed by atoms with Crippen molar-refractivity contribution in [1.82, 2.24) is 0 Å². The number of rotatable bonds is 0. The van der Waals surface area contributed by atoms with Crippen LogP contribution in [0.5, 0.6) is 5.75 Å². The second-order valence-electron chi connectivity index (χ2n) is 4.83. The molecule has 2 rings (SSSR count). The molecular weight excluding hydrogens is 224 g/mol. The molecule has 16 heavy (non-hydrogen) atoms. The molecule has 0 N–H and O–H groups in total. The Morgan fingerprint density at radius 1 is 1.12 bits per heavy atom. The molecule has 1 heterocycles. The predicted octanol–water partition coefficient (Wildman–Crippen LogP) is 2.74. The van der Waals surface area contributed by atoms with Gasteiger partial charge in [0.2, 0.25) is 9.84 Å². The van der Waals surface area contributed by atoms with Gasteiger partial charge in [0.25, 0.3) is 0 Å². The van der Waals surface area contributed by atoms with Gasteiger partial charge in [-0.3, -0.25) is 0 Å². The summed E-state index contributed by atoms with van der Waals surface area (Å²) in [6.07, 6.45) is 0. The third-order valence-corrected chi connectivity index (χ3v) is 3.85. The van der Waals surface area contributed by atoms with E-state index in [0.29, 0.717) is 11.5 Å². The van der Waals surface area contributed by atoms with Crippen LogP contribution in [-0.4, -0.2) is 8.42 Å². The summed E-state index contributed by atoms with van der Waals surface area (Å²) in [4.78, 5) is 0.239. The van der Waals surface area contributed by atoms with Crippen LogP contribution in [0.15, 0.2) is 40.3 Å². The molecule has 0 spiro atoms. The van der Waals surface area contributed by atoms with Crippen molar-refractivity contribution in [2.75, 3.05) is 0 Å². The molecular formula is C12H14O3S. The Labute approximate surface area is 95.7 Å². The van der Waals surface area contributed by atoms with Crippen molar-refractivity contribution in [2.24, 2.45) is 5.41 Å². The Kier molecular flexibility index (Phi) is 2.35. The lowest BCUT2D eigenvalue weighted by Gasteiger charge is -2.26. The topological polar surface area (TPSA) is 43.4 Å². The Bertz CT molecular complexity index is 548. The van der Waals surface area contributed by atoms with Crippen molar-refractivity contribution >= 4 is 9.84 Å². The van der Waals surface area contributed by atoms with Gasteiger partial charge in [0.05, 0.1) is 5.41 Å². The smallest absolute Gasteiger partial charge is 0.206 e. The minimum Gasteiger partial charge on any atom is -0.459 e. The van der Waals surface area contributed by atoms with Crippen LogP contribution in [0.25, 0.3) is 0 Å². The highest BCUT2D eigenvalue weighted by atomic mass is 32.2. The molecule has 0 saturated carbocycles. The van der Waals surface area contributed by atoms with E-state index in [1.54, 1.807) is 24.3 Å². The summed E-state index contributed by atoms with van der Waals surface area (Å²) < 4.78 is 29.6. The van der Waals surface area contributed by atoms with E-state index in [4.69, 9.17) is 4.74 Å². The summed E-state index contributed by atoms with van der Waals surface area (Å²) in [6.45, 7) is 5.76. The van der Waals surface area contributed by atoms with Crippen molar-refractivity contribution in [3.63, 3.8) is 0 Å². The van der Waals surface area contributed by atoms with Crippen LogP contribution >= 0.6 is 0 Å². The molecule has 0 bridgehead atoms. The molecule has 0 aromatic heterocycles. The number of benzene rings is 1. The third kappa shape index (κ3) is 1.85. The van der Waals surface area contributed by atoms with E-state index in [1.165, 1.54) is 5.41 Å². The summed E-state index contributed by atoms with van der Waals surface area (Å²) in [7, 11) is -3.36. The molecule has 1 aliphatic rings. The zero-order valence-electron chi connectivity index (χ0n) is 9.52. The van der Waals surface area contributed by atoms with Crippen LogP contribution in [0, 0.1) is 5.41 Å². The van der Waals surface area contributed by atoms with E-state index >= 15 is 0 Å². The van der Waals surface area contributed by atoms with Gasteiger partial charge < -0.3 is 4.74 Å². The van der Waals surface area contributed by atoms with E-state index in [1.807, 2.05) is 20.8 Å². The molecule has 1 aliphatic heterocycles. The highest BCUT2D eigenvalue weighted by Gasteiger charge is 2.30. The van der Waals surface area contributed by atoms with Crippen molar-refractivity contribution in [3.8, 4) is 5.75 Å². The number of para-hydroxylation sites is 1. The fraction of sp³-hybridized carbons (Fsp3) is 0.333. The molecule has 1 aromatic rings. The maximum absolute atomic E-state index is 12.0. The first-order chi connectivity index (χ1) is 7.31. The summed E-state index contributed by atoms with van der Waals surface area (Å²) >= 11 is 0. The average Bonchev–Trinajstić information content (AvgIpc) is 2.15. The first-order valence-corrected chi connectivity index (χ1v) is 6.59. The van der Waals surface area contributed by atoms with Gasteiger partial charge in [0.1, 0.15) is 16.4 Å². The molecule has 86 valence electrons. The molecule has 0 saturated heterocycles. The number of fused-ring (bicyclic) bond motifs is 1. The molecule has 0 atom stereocenters. The number of ether oxygens (including phenoxy) is 1. The zero-order valence-corrected chi connectivity index (χ0v) is 10.3. The second-order valence-corrected chi connectivity index (χ2v) is 6.59. The number of hydrogen-bond donors (Lipinski definition) is 0. The molecule has 0 unspecified atom stereocenters. The van der Waals surface area contributed by atoms with Gasteiger partial charge in [-0.05, 0) is 12.1 Å². The first kappa shape index (κ1) is 11.2. The molecule has 0 aliphatic carbocycles. The van der Waals surface area contributed by atoms with E-state index in [-0.39, 0.29) is 10.3 Å². The normalized spacial score (nSPS) is 18.3. The van der Waals surface area contributed by atoms with Crippen LogP contribution in [0.1, 0.15) is 20.8 Å². The van der Waals surface area contributed by atoms with E-state index in [0.717, 1.165) is 0 Å². The Balaban J connectivity index is 2.61. The van der Waals surface area contributed by atoms with Gasteiger partial charge in [0, 0.05) is 5.41 Å². The number of hydrogen-bond acceptors (Lipinski definition) is 3. The lowest BCUT2D eigenvalue weighted by Crippen LogP contribution is -2.20. The molecule has 3 nitrogen and oxygen atoms in total. The van der Waals surface area contributed by atoms with Crippen LogP contribution in [0.2, 0.25) is 0 Å². The third-order valence-electron chi connectivity index (χ3n) is 2.38. The maximum atomic E-state index is 12.0. The Morgan fingerprint density at radius 2 is 1.75 bits per heavy atom. The van der Waals surface area contributed by atoms with Crippen LogP contribution in [0.3, 0.4) is 0 Å². The van der Waals surface area contributed by atoms with Crippen LogP contribution in [-0.2, 0) is 9.84 Å². The quantitative estimate of drug-likeness (QED) is 0.698. The molecule has 0 fully saturated rings. The fourth-order valence-electron chi connectivity index (χ4n) is 1.45. The van der Waals surface area contributed by atoms with Crippen molar-refractivity contribution in [1.29, 1.82) is 0 Å². The van der Waals surface area contributed by atoms with Crippen molar-refractivity contribution in [3.05, 3.63) is 35.4 Å². The lowest BCUT2D eigenvalue weighted by atomic mass is 9.95. The number of sulfone groups is 1. The van der Waals surface area contributed by atoms with Crippen LogP contribution in [0.4, 0.5) is 0 Å². The predicted molar refractivity (Wildman–Crippen MR) is 61.8 cm³/mol. The monoisotopic (exact) mass is 238 g/mol. The molecule has 0 amide bonds. The van der Waals surface area contributed by atoms with Gasteiger partial charge >= 0.3 is 0 Å². The first-order valence-electron chi connectivity index (χ1n) is 5.05. The highest BCUT2D eigenvalue weighted by molar-refractivity contribution is 7.94. The van der Waals surface area contributed by atoms with E-state index < -0.39 is 9.84 Å². The summed E-state index contributed by atoms with van der Waals surface area (Å²) in [5.74, 6) is 0.890. The maximum Gasteiger partial charge on any atom is 0.206 e. The summed E-state index contributed by atoms with van der Waals surface area (Å²) in [5, 5.41) is 1.22. The van der Waals surface area contributed by atoms with Gasteiger partial charge in [-0.15, -0.1) is 0 Å². The summed E-state index contributed by atoms with van der Waals surface area (Å²) in [5.41, 5.74) is -0.319. The SMILES string of the molecule is CC(C)(C)C1=CS(=O)(=O)c2ccccc2O1. The van der Waals surface area contributed by atoms with Gasteiger partial charge in [-0.2, -0.15) is 0 Å². The minimum absolute atomic E-state index is 0.239. The lowest BCUT2D eigenvalue weighted by molar-refractivity contribution is 0.286. The fourth-order valence-corrected chi connectivity index (χ4v) is 2.92. The molecule has 0 radical (unpaired) electrons. The largest absolute Gasteiger partial charge is 0.459 e. The van der Waals surface area contributed by atoms with Crippen LogP contribution < -0.4 is 4.74 Å². The average molecular weight is 238 g/mol. The van der Waals surface area contributed by atoms with Crippen molar-refractivity contribution < 1.29 is 13.2 Å². The standard InChI is InChI=1S/C12H14O3S/c1-12(2,3)11-8-16(13,14)10-7-5-4-6-9(10)15-11/h4-8H,1-3H3. The Hall–Kier alpha value is -1.29. The molecule has 4 heteroatoms. The number of allylic oxidation sites excluding steroid dienone is 1.